The number of carbonyl (C=O) groups excluding carboxylic acids is 1. The third-order valence-corrected chi connectivity index (χ3v) is 3.71. The van der Waals surface area contributed by atoms with Gasteiger partial charge >= 0.3 is 0 Å². The zero-order valence-electron chi connectivity index (χ0n) is 9.89. The minimum atomic E-state index is -0.786. The summed E-state index contributed by atoms with van der Waals surface area (Å²) in [7, 11) is 0. The molecule has 0 saturated heterocycles. The van der Waals surface area contributed by atoms with E-state index in [1.54, 1.807) is 0 Å². The molecule has 0 saturated carbocycles. The summed E-state index contributed by atoms with van der Waals surface area (Å²) in [6, 6.07) is 6.63. The molecular weight excluding hydrogens is 373 g/mol. The van der Waals surface area contributed by atoms with Gasteiger partial charge in [-0.3, -0.25) is 4.79 Å². The van der Waals surface area contributed by atoms with Crippen LogP contribution in [0.1, 0.15) is 15.9 Å². The molecule has 0 aliphatic rings. The van der Waals surface area contributed by atoms with E-state index in [1.165, 1.54) is 24.3 Å². The Morgan fingerprint density at radius 2 is 1.70 bits per heavy atom. The summed E-state index contributed by atoms with van der Waals surface area (Å²) in [5, 5.41) is 0.576. The van der Waals surface area contributed by atoms with Crippen molar-refractivity contribution in [3.63, 3.8) is 0 Å². The van der Waals surface area contributed by atoms with Gasteiger partial charge in [0.1, 0.15) is 11.6 Å². The van der Waals surface area contributed by atoms with E-state index >= 15 is 0 Å². The number of carbonyl (C=O) groups is 1. The average Bonchev–Trinajstić information content (AvgIpc) is 2.38. The highest BCUT2D eigenvalue weighted by atomic mass is 79.9. The first-order chi connectivity index (χ1) is 9.38. The molecule has 2 aromatic rings. The molecule has 0 bridgehead atoms. The van der Waals surface area contributed by atoms with E-state index in [0.717, 1.165) is 6.07 Å². The van der Waals surface area contributed by atoms with Crippen molar-refractivity contribution in [1.82, 2.24) is 0 Å². The van der Waals surface area contributed by atoms with Crippen LogP contribution >= 0.6 is 39.1 Å². The predicted molar refractivity (Wildman–Crippen MR) is 78.6 cm³/mol. The smallest absolute Gasteiger partial charge is 0.167 e. The van der Waals surface area contributed by atoms with Gasteiger partial charge in [-0.15, -0.1) is 0 Å². The van der Waals surface area contributed by atoms with Crippen LogP contribution in [0, 0.1) is 11.6 Å². The maximum Gasteiger partial charge on any atom is 0.167 e. The van der Waals surface area contributed by atoms with Crippen LogP contribution in [-0.4, -0.2) is 5.78 Å². The molecule has 1 nitrogen and oxygen atoms in total. The fourth-order valence-corrected chi connectivity index (χ4v) is 2.61. The Morgan fingerprint density at radius 3 is 2.30 bits per heavy atom. The van der Waals surface area contributed by atoms with E-state index in [2.05, 4.69) is 15.9 Å². The van der Waals surface area contributed by atoms with Crippen molar-refractivity contribution in [2.75, 3.05) is 0 Å². The second kappa shape index (κ2) is 6.20. The van der Waals surface area contributed by atoms with Gasteiger partial charge in [-0.25, -0.2) is 8.78 Å². The summed E-state index contributed by atoms with van der Waals surface area (Å²) in [4.78, 5) is 12.1. The van der Waals surface area contributed by atoms with Crippen LogP contribution in [-0.2, 0) is 6.42 Å². The second-order valence-electron chi connectivity index (χ2n) is 4.08. The lowest BCUT2D eigenvalue weighted by Gasteiger charge is -2.07. The third-order valence-electron chi connectivity index (χ3n) is 2.66. The molecule has 0 amide bonds. The molecule has 2 rings (SSSR count). The molecule has 0 unspecified atom stereocenters. The number of Topliss-reactive ketones (excluding diaryl/α,β-unsaturated/α-hetero) is 1. The van der Waals surface area contributed by atoms with E-state index in [-0.39, 0.29) is 25.6 Å². The fraction of sp³-hybridized carbons (Fsp3) is 0.0714. The molecule has 0 aromatic heterocycles. The fourth-order valence-electron chi connectivity index (χ4n) is 1.71. The molecule has 6 heteroatoms. The normalized spacial score (nSPS) is 10.7. The Labute approximate surface area is 132 Å². The molecule has 0 atom stereocenters. The molecule has 0 aliphatic carbocycles. The quantitative estimate of drug-likeness (QED) is 0.511. The summed E-state index contributed by atoms with van der Waals surface area (Å²) < 4.78 is 27.5. The molecule has 0 N–H and O–H groups in total. The van der Waals surface area contributed by atoms with E-state index < -0.39 is 23.8 Å². The first kappa shape index (κ1) is 15.4. The Morgan fingerprint density at radius 1 is 1.10 bits per heavy atom. The molecule has 0 radical (unpaired) electrons. The van der Waals surface area contributed by atoms with Crippen molar-refractivity contribution in [2.45, 2.75) is 6.42 Å². The van der Waals surface area contributed by atoms with Gasteiger partial charge in [0.05, 0.1) is 4.47 Å². The third kappa shape index (κ3) is 3.37. The minimum absolute atomic E-state index is 0.103. The molecule has 0 spiro atoms. The summed E-state index contributed by atoms with van der Waals surface area (Å²) in [5.41, 5.74) is -0.0817. The van der Waals surface area contributed by atoms with Crippen LogP contribution in [0.3, 0.4) is 0 Å². The lowest BCUT2D eigenvalue weighted by molar-refractivity contribution is 0.0990. The summed E-state index contributed by atoms with van der Waals surface area (Å²) in [5.74, 6) is -2.02. The van der Waals surface area contributed by atoms with Gasteiger partial charge in [0, 0.05) is 27.6 Å². The van der Waals surface area contributed by atoms with Crippen LogP contribution in [0.4, 0.5) is 8.78 Å². The molecule has 0 fully saturated rings. The molecule has 2 aromatic carbocycles. The van der Waals surface area contributed by atoms with Crippen LogP contribution in [0.5, 0.6) is 0 Å². The molecule has 0 heterocycles. The highest BCUT2D eigenvalue weighted by Gasteiger charge is 2.17. The number of rotatable bonds is 3. The van der Waals surface area contributed by atoms with Gasteiger partial charge in [-0.1, -0.05) is 23.2 Å². The van der Waals surface area contributed by atoms with Crippen molar-refractivity contribution in [3.8, 4) is 0 Å². The van der Waals surface area contributed by atoms with Crippen molar-refractivity contribution < 1.29 is 13.6 Å². The Balaban J connectivity index is 2.35. The van der Waals surface area contributed by atoms with Crippen LogP contribution in [0.15, 0.2) is 34.8 Å². The molecule has 0 aliphatic heterocycles. The van der Waals surface area contributed by atoms with Crippen molar-refractivity contribution >= 4 is 44.9 Å². The molecular formula is C14H7BrCl2F2O. The van der Waals surface area contributed by atoms with Gasteiger partial charge < -0.3 is 0 Å². The maximum absolute atomic E-state index is 13.8. The average molecular weight is 380 g/mol. The molecule has 104 valence electrons. The monoisotopic (exact) mass is 378 g/mol. The Hall–Kier alpha value is -0.970. The first-order valence-corrected chi connectivity index (χ1v) is 7.05. The van der Waals surface area contributed by atoms with Gasteiger partial charge in [0.15, 0.2) is 5.78 Å². The number of ketones is 1. The standard InChI is InChI=1S/C14H7BrCl2F2O/c15-11-1-2-12(18)10(14(11)19)6-13(20)7-3-8(16)5-9(17)4-7/h1-5H,6H2. The SMILES string of the molecule is O=C(Cc1c(F)ccc(Br)c1F)c1cc(Cl)cc(Cl)c1. The maximum atomic E-state index is 13.8. The van der Waals surface area contributed by atoms with Crippen LogP contribution in [0.25, 0.3) is 0 Å². The summed E-state index contributed by atoms with van der Waals surface area (Å²) in [6.45, 7) is 0. The van der Waals surface area contributed by atoms with E-state index in [9.17, 15) is 13.6 Å². The van der Waals surface area contributed by atoms with E-state index in [1.807, 2.05) is 0 Å². The number of benzene rings is 2. The van der Waals surface area contributed by atoms with Gasteiger partial charge in [0.2, 0.25) is 0 Å². The lowest BCUT2D eigenvalue weighted by Crippen LogP contribution is -2.08. The van der Waals surface area contributed by atoms with Gasteiger partial charge in [-0.05, 0) is 46.3 Å². The minimum Gasteiger partial charge on any atom is -0.294 e. The number of hydrogen-bond acceptors (Lipinski definition) is 1. The van der Waals surface area contributed by atoms with Crippen molar-refractivity contribution in [2.24, 2.45) is 0 Å². The predicted octanol–water partition coefficient (Wildman–Crippen LogP) is 5.46. The van der Waals surface area contributed by atoms with E-state index in [4.69, 9.17) is 23.2 Å². The van der Waals surface area contributed by atoms with Gasteiger partial charge in [-0.2, -0.15) is 0 Å². The Bertz CT molecular complexity index is 669. The highest BCUT2D eigenvalue weighted by Crippen LogP contribution is 2.24. The highest BCUT2D eigenvalue weighted by molar-refractivity contribution is 9.10. The zero-order valence-corrected chi connectivity index (χ0v) is 13.0. The van der Waals surface area contributed by atoms with Crippen molar-refractivity contribution in [1.29, 1.82) is 0 Å². The Kier molecular flexibility index (Phi) is 4.78. The largest absolute Gasteiger partial charge is 0.294 e. The van der Waals surface area contributed by atoms with Crippen LogP contribution in [0.2, 0.25) is 10.0 Å². The second-order valence-corrected chi connectivity index (χ2v) is 5.81. The molecule has 20 heavy (non-hydrogen) atoms. The van der Waals surface area contributed by atoms with Crippen molar-refractivity contribution in [3.05, 3.63) is 67.6 Å². The van der Waals surface area contributed by atoms with Crippen LogP contribution < -0.4 is 0 Å². The van der Waals surface area contributed by atoms with E-state index in [0.29, 0.717) is 0 Å². The topological polar surface area (TPSA) is 17.1 Å². The first-order valence-electron chi connectivity index (χ1n) is 5.50. The van der Waals surface area contributed by atoms with Gasteiger partial charge in [0.25, 0.3) is 0 Å². The lowest BCUT2D eigenvalue weighted by atomic mass is 10.0. The number of halogens is 5. The summed E-state index contributed by atoms with van der Waals surface area (Å²) in [6.07, 6.45) is -0.409. The number of hydrogen-bond donors (Lipinski definition) is 0. The zero-order chi connectivity index (χ0) is 14.9. The summed E-state index contributed by atoms with van der Waals surface area (Å²) >= 11 is 14.5.